The van der Waals surface area contributed by atoms with E-state index in [0.29, 0.717) is 12.6 Å². The molecular weight excluding hydrogens is 348 g/mol. The molecule has 4 aliphatic heterocycles. The molecule has 0 aliphatic carbocycles. The summed E-state index contributed by atoms with van der Waals surface area (Å²) in [5.74, 6) is 0.873. The molecule has 0 saturated carbocycles. The Morgan fingerprint density at radius 3 is 2.54 bits per heavy atom. The van der Waals surface area contributed by atoms with Gasteiger partial charge in [-0.1, -0.05) is 23.7 Å². The molecule has 5 rings (SSSR count). The summed E-state index contributed by atoms with van der Waals surface area (Å²) in [7, 11) is 0. The highest BCUT2D eigenvalue weighted by atomic mass is 35.5. The molecule has 2 bridgehead atoms. The summed E-state index contributed by atoms with van der Waals surface area (Å²) >= 11 is 6.01. The molecule has 142 valence electrons. The number of urea groups is 1. The van der Waals surface area contributed by atoms with E-state index in [1.807, 2.05) is 29.2 Å². The molecule has 0 unspecified atom stereocenters. The topological polar surface area (TPSA) is 38.8 Å². The maximum atomic E-state index is 12.4. The van der Waals surface area contributed by atoms with Crippen LogP contribution in [0.4, 0.5) is 4.79 Å². The third kappa shape index (κ3) is 4.16. The van der Waals surface area contributed by atoms with Crippen molar-refractivity contribution in [3.05, 3.63) is 34.9 Å². The summed E-state index contributed by atoms with van der Waals surface area (Å²) in [6, 6.07) is 8.61. The van der Waals surface area contributed by atoms with Crippen LogP contribution in [0.3, 0.4) is 0 Å². The van der Waals surface area contributed by atoms with Gasteiger partial charge in [-0.3, -0.25) is 4.90 Å². The lowest BCUT2D eigenvalue weighted by Crippen LogP contribution is -2.62. The van der Waals surface area contributed by atoms with E-state index in [-0.39, 0.29) is 6.03 Å². The Bertz CT molecular complexity index is 624. The standard InChI is InChI=1S/C20H29ClN4O/c21-18-3-1-2-16(14-18)4-7-22-20(26)25-12-10-24(11-13-25)19-15-23-8-5-17(19)6-9-23/h1-3,14,17,19H,4-13,15H2,(H,22,26)/t19-/m0/s1. The minimum absolute atomic E-state index is 0.0700. The first-order valence-electron chi connectivity index (χ1n) is 9.93. The Balaban J connectivity index is 1.20. The second-order valence-electron chi connectivity index (χ2n) is 7.84. The third-order valence-corrected chi connectivity index (χ3v) is 6.51. The Morgan fingerprint density at radius 2 is 1.88 bits per heavy atom. The van der Waals surface area contributed by atoms with E-state index in [9.17, 15) is 4.79 Å². The maximum absolute atomic E-state index is 12.4. The minimum Gasteiger partial charge on any atom is -0.338 e. The van der Waals surface area contributed by atoms with Gasteiger partial charge < -0.3 is 15.1 Å². The number of hydrogen-bond acceptors (Lipinski definition) is 3. The predicted octanol–water partition coefficient (Wildman–Crippen LogP) is 2.30. The second-order valence-corrected chi connectivity index (χ2v) is 8.28. The number of nitrogens with zero attached hydrogens (tertiary/aromatic N) is 3. The molecule has 1 N–H and O–H groups in total. The van der Waals surface area contributed by atoms with Gasteiger partial charge in [0, 0.05) is 50.3 Å². The molecule has 2 amide bonds. The van der Waals surface area contributed by atoms with Crippen LogP contribution in [0.1, 0.15) is 18.4 Å². The molecule has 0 aromatic heterocycles. The number of piperidine rings is 3. The molecule has 1 atom stereocenters. The molecule has 0 spiro atoms. The average Bonchev–Trinajstić information content (AvgIpc) is 2.69. The number of amides is 2. The predicted molar refractivity (Wildman–Crippen MR) is 105 cm³/mol. The van der Waals surface area contributed by atoms with Crippen LogP contribution in [0.25, 0.3) is 0 Å². The summed E-state index contributed by atoms with van der Waals surface area (Å²) in [5.41, 5.74) is 1.16. The SMILES string of the molecule is O=C(NCCc1cccc(Cl)c1)N1CCN([C@H]2CN3CCC2CC3)CC1. The number of benzene rings is 1. The molecule has 26 heavy (non-hydrogen) atoms. The fourth-order valence-corrected chi connectivity index (χ4v) is 4.94. The monoisotopic (exact) mass is 376 g/mol. The first-order chi connectivity index (χ1) is 12.7. The summed E-state index contributed by atoms with van der Waals surface area (Å²) in [6.45, 7) is 8.16. The quantitative estimate of drug-likeness (QED) is 0.876. The first kappa shape index (κ1) is 18.1. The van der Waals surface area contributed by atoms with Crippen molar-refractivity contribution in [2.75, 3.05) is 52.4 Å². The van der Waals surface area contributed by atoms with Crippen molar-refractivity contribution in [1.82, 2.24) is 20.0 Å². The number of fused-ring (bicyclic) bond motifs is 3. The molecule has 4 fully saturated rings. The van der Waals surface area contributed by atoms with Crippen molar-refractivity contribution in [3.8, 4) is 0 Å². The Hall–Kier alpha value is -1.30. The number of piperazine rings is 1. The normalized spacial score (nSPS) is 29.0. The number of carbonyl (C=O) groups excluding carboxylic acids is 1. The molecule has 4 aliphatic rings. The van der Waals surface area contributed by atoms with Gasteiger partial charge in [-0.15, -0.1) is 0 Å². The van der Waals surface area contributed by atoms with Crippen molar-refractivity contribution in [2.24, 2.45) is 5.92 Å². The molecule has 6 heteroatoms. The summed E-state index contributed by atoms with van der Waals surface area (Å²) in [4.78, 5) is 19.6. The number of rotatable bonds is 4. The molecule has 0 radical (unpaired) electrons. The van der Waals surface area contributed by atoms with E-state index in [0.717, 1.165) is 49.1 Å². The van der Waals surface area contributed by atoms with Gasteiger partial charge in [-0.2, -0.15) is 0 Å². The van der Waals surface area contributed by atoms with E-state index < -0.39 is 0 Å². The smallest absolute Gasteiger partial charge is 0.317 e. The Kier molecular flexibility index (Phi) is 5.67. The van der Waals surface area contributed by atoms with Crippen LogP contribution in [-0.4, -0.2) is 79.1 Å². The highest BCUT2D eigenvalue weighted by Gasteiger charge is 2.38. The summed E-state index contributed by atoms with van der Waals surface area (Å²) in [6.07, 6.45) is 3.52. The zero-order chi connectivity index (χ0) is 17.9. The summed E-state index contributed by atoms with van der Waals surface area (Å²) < 4.78 is 0. The van der Waals surface area contributed by atoms with Gasteiger partial charge in [0.05, 0.1) is 0 Å². The van der Waals surface area contributed by atoms with Crippen LogP contribution in [0.5, 0.6) is 0 Å². The number of halogens is 1. The molecule has 1 aromatic carbocycles. The van der Waals surface area contributed by atoms with E-state index in [1.165, 1.54) is 32.5 Å². The van der Waals surface area contributed by atoms with Crippen LogP contribution < -0.4 is 5.32 Å². The third-order valence-electron chi connectivity index (χ3n) is 6.27. The van der Waals surface area contributed by atoms with Gasteiger partial charge in [0.25, 0.3) is 0 Å². The highest BCUT2D eigenvalue weighted by molar-refractivity contribution is 6.30. The maximum Gasteiger partial charge on any atom is 0.317 e. The van der Waals surface area contributed by atoms with Crippen LogP contribution >= 0.6 is 11.6 Å². The molecule has 5 nitrogen and oxygen atoms in total. The van der Waals surface area contributed by atoms with Crippen molar-refractivity contribution >= 4 is 17.6 Å². The van der Waals surface area contributed by atoms with Gasteiger partial charge in [0.15, 0.2) is 0 Å². The van der Waals surface area contributed by atoms with Crippen LogP contribution in [0.15, 0.2) is 24.3 Å². The van der Waals surface area contributed by atoms with Crippen molar-refractivity contribution in [1.29, 1.82) is 0 Å². The highest BCUT2D eigenvalue weighted by Crippen LogP contribution is 2.31. The van der Waals surface area contributed by atoms with E-state index >= 15 is 0 Å². The number of nitrogens with one attached hydrogen (secondary N) is 1. The fraction of sp³-hybridized carbons (Fsp3) is 0.650. The van der Waals surface area contributed by atoms with E-state index in [2.05, 4.69) is 15.1 Å². The minimum atomic E-state index is 0.0700. The van der Waals surface area contributed by atoms with Crippen molar-refractivity contribution < 1.29 is 4.79 Å². The van der Waals surface area contributed by atoms with Gasteiger partial charge in [0.1, 0.15) is 0 Å². The van der Waals surface area contributed by atoms with Crippen LogP contribution in [0, 0.1) is 5.92 Å². The molecule has 4 heterocycles. The number of carbonyl (C=O) groups is 1. The summed E-state index contributed by atoms with van der Waals surface area (Å²) in [5, 5.41) is 3.81. The lowest BCUT2D eigenvalue weighted by atomic mass is 9.83. The van der Waals surface area contributed by atoms with E-state index in [4.69, 9.17) is 11.6 Å². The zero-order valence-electron chi connectivity index (χ0n) is 15.4. The van der Waals surface area contributed by atoms with E-state index in [1.54, 1.807) is 0 Å². The largest absolute Gasteiger partial charge is 0.338 e. The van der Waals surface area contributed by atoms with Gasteiger partial charge in [-0.25, -0.2) is 4.79 Å². The molecular formula is C20H29ClN4O. The van der Waals surface area contributed by atoms with Gasteiger partial charge in [0.2, 0.25) is 0 Å². The lowest BCUT2D eigenvalue weighted by molar-refractivity contribution is -0.0103. The van der Waals surface area contributed by atoms with Gasteiger partial charge in [-0.05, 0) is 56.0 Å². The fourth-order valence-electron chi connectivity index (χ4n) is 4.72. The molecule has 1 aromatic rings. The lowest BCUT2D eigenvalue weighted by Gasteiger charge is -2.50. The Labute approximate surface area is 161 Å². The van der Waals surface area contributed by atoms with Crippen LogP contribution in [-0.2, 0) is 6.42 Å². The Morgan fingerprint density at radius 1 is 1.12 bits per heavy atom. The van der Waals surface area contributed by atoms with Crippen LogP contribution in [0.2, 0.25) is 5.02 Å². The van der Waals surface area contributed by atoms with Crippen molar-refractivity contribution in [2.45, 2.75) is 25.3 Å². The first-order valence-corrected chi connectivity index (χ1v) is 10.3. The van der Waals surface area contributed by atoms with Crippen molar-refractivity contribution in [3.63, 3.8) is 0 Å². The second kappa shape index (κ2) is 8.15. The van der Waals surface area contributed by atoms with Gasteiger partial charge >= 0.3 is 6.03 Å². The zero-order valence-corrected chi connectivity index (χ0v) is 16.1. The average molecular weight is 377 g/mol. The number of hydrogen-bond donors (Lipinski definition) is 1. The molecule has 4 saturated heterocycles.